The highest BCUT2D eigenvalue weighted by Gasteiger charge is 2.23. The van der Waals surface area contributed by atoms with Gasteiger partial charge >= 0.3 is 0 Å². The average Bonchev–Trinajstić information content (AvgIpc) is 2.66. The Kier molecular flexibility index (Phi) is 10.3. The molecule has 7 nitrogen and oxygen atoms in total. The minimum atomic E-state index is 0.593. The second-order valence-corrected chi connectivity index (χ2v) is 21.5. The molecule has 0 amide bonds. The van der Waals surface area contributed by atoms with Crippen molar-refractivity contribution in [2.45, 2.75) is 12.8 Å². The first-order valence-electron chi connectivity index (χ1n) is 28.2. The first kappa shape index (κ1) is 46.1. The zero-order valence-corrected chi connectivity index (χ0v) is 44.5. The SMILES string of the molecule is C1=Cc2c(n(-c3cccc(-c4nc(-c5ccccc5)nc(-c5ccc(-n6c7ccccc7c7ccccc76)c(-c6ccc7c8ccc(-n9c%10ccccc%10c%10ccccc%109)cc8n(-c8ccccc8)c7c6)c5)n4)c3)c3ccccc23)CC1. The van der Waals surface area contributed by atoms with Crippen LogP contribution in [-0.4, -0.2) is 33.2 Å². The van der Waals surface area contributed by atoms with Crippen molar-refractivity contribution in [3.05, 3.63) is 278 Å². The van der Waals surface area contributed by atoms with E-state index < -0.39 is 0 Å². The van der Waals surface area contributed by atoms with Crippen LogP contribution in [0.5, 0.6) is 0 Å². The van der Waals surface area contributed by atoms with Crippen molar-refractivity contribution in [3.8, 4) is 68.0 Å². The topological polar surface area (TPSA) is 58.4 Å². The fourth-order valence-electron chi connectivity index (χ4n) is 13.3. The van der Waals surface area contributed by atoms with Crippen LogP contribution >= 0.6 is 0 Å². The third kappa shape index (κ3) is 7.13. The van der Waals surface area contributed by atoms with Crippen LogP contribution in [0, 0.1) is 0 Å². The molecule has 0 fully saturated rings. The van der Waals surface area contributed by atoms with Gasteiger partial charge in [-0.2, -0.15) is 0 Å². The molecule has 0 saturated carbocycles. The Morgan fingerprint density at radius 2 is 0.732 bits per heavy atom. The lowest BCUT2D eigenvalue weighted by Crippen LogP contribution is -2.04. The minimum Gasteiger partial charge on any atom is -0.313 e. The zero-order chi connectivity index (χ0) is 53.8. The van der Waals surface area contributed by atoms with E-state index >= 15 is 0 Å². The van der Waals surface area contributed by atoms with Gasteiger partial charge in [0.05, 0.1) is 44.3 Å². The molecule has 0 bridgehead atoms. The number of hydrogen-bond acceptors (Lipinski definition) is 3. The molecule has 82 heavy (non-hydrogen) atoms. The Bertz CT molecular complexity index is 5180. The van der Waals surface area contributed by atoms with E-state index in [2.05, 4.69) is 273 Å². The molecular weight excluding hydrogens is 999 g/mol. The maximum absolute atomic E-state index is 5.44. The lowest BCUT2D eigenvalue weighted by molar-refractivity contribution is 0.888. The van der Waals surface area contributed by atoms with Gasteiger partial charge in [0.2, 0.25) is 0 Å². The molecule has 0 N–H and O–H groups in total. The Labute approximate surface area is 472 Å². The third-order valence-electron chi connectivity index (χ3n) is 16.9. The molecule has 5 heterocycles. The van der Waals surface area contributed by atoms with E-state index in [4.69, 9.17) is 15.0 Å². The van der Waals surface area contributed by atoms with Crippen molar-refractivity contribution in [1.29, 1.82) is 0 Å². The molecular formula is C75H49N7. The molecule has 16 aromatic rings. The van der Waals surface area contributed by atoms with Gasteiger partial charge in [0.1, 0.15) is 0 Å². The molecule has 0 spiro atoms. The first-order valence-corrected chi connectivity index (χ1v) is 28.2. The van der Waals surface area contributed by atoms with Crippen LogP contribution in [0.2, 0.25) is 0 Å². The molecule has 7 heteroatoms. The summed E-state index contributed by atoms with van der Waals surface area (Å²) in [6.45, 7) is 0. The summed E-state index contributed by atoms with van der Waals surface area (Å²) in [5, 5.41) is 8.50. The molecule has 0 aliphatic heterocycles. The number of nitrogens with zero attached hydrogens (tertiary/aromatic N) is 7. The van der Waals surface area contributed by atoms with Crippen molar-refractivity contribution in [3.63, 3.8) is 0 Å². The van der Waals surface area contributed by atoms with Gasteiger partial charge in [-0.15, -0.1) is 0 Å². The fraction of sp³-hybridized carbons (Fsp3) is 0.0267. The van der Waals surface area contributed by atoms with Crippen LogP contribution in [0.3, 0.4) is 0 Å². The first-order chi connectivity index (χ1) is 40.7. The maximum Gasteiger partial charge on any atom is 0.164 e. The molecule has 11 aromatic carbocycles. The number of allylic oxidation sites excluding steroid dienone is 1. The highest BCUT2D eigenvalue weighted by Crippen LogP contribution is 2.43. The zero-order valence-electron chi connectivity index (χ0n) is 44.5. The molecule has 1 aliphatic carbocycles. The number of benzene rings is 11. The number of hydrogen-bond donors (Lipinski definition) is 0. The largest absolute Gasteiger partial charge is 0.313 e. The molecule has 0 saturated heterocycles. The van der Waals surface area contributed by atoms with Crippen LogP contribution in [0.25, 0.3) is 150 Å². The molecule has 0 unspecified atom stereocenters. The van der Waals surface area contributed by atoms with E-state index in [-0.39, 0.29) is 0 Å². The van der Waals surface area contributed by atoms with Crippen LogP contribution < -0.4 is 0 Å². The molecule has 17 rings (SSSR count). The summed E-state index contributed by atoms with van der Waals surface area (Å²) in [6, 6.07) is 94.2. The summed E-state index contributed by atoms with van der Waals surface area (Å²) < 4.78 is 9.71. The summed E-state index contributed by atoms with van der Waals surface area (Å²) in [5.74, 6) is 1.82. The predicted octanol–water partition coefficient (Wildman–Crippen LogP) is 18.7. The second-order valence-electron chi connectivity index (χ2n) is 21.5. The van der Waals surface area contributed by atoms with E-state index in [0.29, 0.717) is 17.5 Å². The molecule has 384 valence electrons. The summed E-state index contributed by atoms with van der Waals surface area (Å²) in [4.78, 5) is 16.1. The van der Waals surface area contributed by atoms with Crippen molar-refractivity contribution in [2.24, 2.45) is 0 Å². The van der Waals surface area contributed by atoms with Crippen molar-refractivity contribution < 1.29 is 0 Å². The lowest BCUT2D eigenvalue weighted by Gasteiger charge is -2.17. The molecule has 5 aromatic heterocycles. The van der Waals surface area contributed by atoms with E-state index in [1.54, 1.807) is 0 Å². The molecule has 1 aliphatic rings. The smallest absolute Gasteiger partial charge is 0.164 e. The minimum absolute atomic E-state index is 0.593. The van der Waals surface area contributed by atoms with Crippen molar-refractivity contribution in [1.82, 2.24) is 33.2 Å². The van der Waals surface area contributed by atoms with Gasteiger partial charge in [-0.3, -0.25) is 0 Å². The number of para-hydroxylation sites is 6. The molecule has 0 atom stereocenters. The number of fused-ring (bicyclic) bond motifs is 12. The van der Waals surface area contributed by atoms with Gasteiger partial charge in [0.25, 0.3) is 0 Å². The summed E-state index contributed by atoms with van der Waals surface area (Å²) in [6.07, 6.45) is 6.56. The van der Waals surface area contributed by atoms with Crippen LogP contribution in [0.1, 0.15) is 17.7 Å². The van der Waals surface area contributed by atoms with Crippen LogP contribution in [0.4, 0.5) is 0 Å². The Morgan fingerprint density at radius 3 is 1.38 bits per heavy atom. The quantitative estimate of drug-likeness (QED) is 0.152. The van der Waals surface area contributed by atoms with Gasteiger partial charge in [0.15, 0.2) is 17.5 Å². The van der Waals surface area contributed by atoms with E-state index in [1.165, 1.54) is 65.5 Å². The van der Waals surface area contributed by atoms with Gasteiger partial charge in [-0.25, -0.2) is 15.0 Å². The van der Waals surface area contributed by atoms with Crippen molar-refractivity contribution >= 4 is 82.4 Å². The summed E-state index contributed by atoms with van der Waals surface area (Å²) >= 11 is 0. The number of rotatable bonds is 8. The maximum atomic E-state index is 5.44. The number of aromatic nitrogens is 7. The summed E-state index contributed by atoms with van der Waals surface area (Å²) in [5.41, 5.74) is 19.9. The Balaban J connectivity index is 0.893. The Hall–Kier alpha value is -10.9. The summed E-state index contributed by atoms with van der Waals surface area (Å²) in [7, 11) is 0. The van der Waals surface area contributed by atoms with E-state index in [0.717, 1.165) is 85.5 Å². The van der Waals surface area contributed by atoms with Gasteiger partial charge in [-0.05, 0) is 109 Å². The predicted molar refractivity (Wildman–Crippen MR) is 339 cm³/mol. The van der Waals surface area contributed by atoms with Gasteiger partial charge < -0.3 is 18.3 Å². The highest BCUT2D eigenvalue weighted by atomic mass is 15.0. The standard InChI is InChI=1S/C75H49N7/c1-3-20-48(21-4-1)73-76-74(50-22-19-25-53(44-50)80-64-32-13-7-26-55(64)56-27-8-14-33-65(56)80)78-75(77-73)51-39-43-70(82-68-36-17-11-30-59(68)60-31-12-18-37-69(60)82)63(45-51)49-38-41-61-62-42-40-54(47-72(62)79(71(61)46-49)52-23-5-2-6-24-52)81-66-34-15-9-28-57(66)58-29-10-16-35-67(58)81/h1-13,15-32,34-47H,14,33H2. The molecule has 0 radical (unpaired) electrons. The normalized spacial score (nSPS) is 12.5. The fourth-order valence-corrected chi connectivity index (χ4v) is 13.3. The Morgan fingerprint density at radius 1 is 0.280 bits per heavy atom. The van der Waals surface area contributed by atoms with Crippen LogP contribution in [-0.2, 0) is 6.42 Å². The van der Waals surface area contributed by atoms with Gasteiger partial charge in [-0.1, -0.05) is 182 Å². The third-order valence-corrected chi connectivity index (χ3v) is 16.9. The highest BCUT2D eigenvalue weighted by molar-refractivity contribution is 6.14. The second kappa shape index (κ2) is 18.3. The van der Waals surface area contributed by atoms with E-state index in [9.17, 15) is 0 Å². The monoisotopic (exact) mass is 1050 g/mol. The average molecular weight is 1050 g/mol. The lowest BCUT2D eigenvalue weighted by atomic mass is 9.98. The van der Waals surface area contributed by atoms with Crippen LogP contribution in [0.15, 0.2) is 267 Å². The van der Waals surface area contributed by atoms with Gasteiger partial charge in [0, 0.05) is 88.3 Å². The van der Waals surface area contributed by atoms with E-state index in [1.807, 2.05) is 18.2 Å². The van der Waals surface area contributed by atoms with Crippen molar-refractivity contribution in [2.75, 3.05) is 0 Å².